The lowest BCUT2D eigenvalue weighted by Gasteiger charge is -2.40. The zero-order chi connectivity index (χ0) is 22.4. The van der Waals surface area contributed by atoms with Gasteiger partial charge < -0.3 is 10.2 Å². The van der Waals surface area contributed by atoms with Gasteiger partial charge in [0.25, 0.3) is 0 Å². The fourth-order valence-corrected chi connectivity index (χ4v) is 5.81. The SMILES string of the molecule is CC(C)(O)C(c1ccc(C(F)(F)F)cc1O)C1(S(=O)(=O)c2ccccc2)C=CC=N1. The molecule has 2 aromatic rings. The molecule has 5 nitrogen and oxygen atoms in total. The topological polar surface area (TPSA) is 87.0 Å². The molecule has 2 N–H and O–H groups in total. The van der Waals surface area contributed by atoms with Gasteiger partial charge in [0.15, 0.2) is 4.87 Å². The summed E-state index contributed by atoms with van der Waals surface area (Å²) in [6, 6.07) is 9.65. The van der Waals surface area contributed by atoms with Gasteiger partial charge in [-0.3, -0.25) is 4.99 Å². The first-order valence-electron chi connectivity index (χ1n) is 8.96. The first kappa shape index (κ1) is 22.0. The third kappa shape index (κ3) is 3.63. The smallest absolute Gasteiger partial charge is 0.416 e. The van der Waals surface area contributed by atoms with Crippen molar-refractivity contribution < 1.29 is 31.8 Å². The number of phenolic OH excluding ortho intramolecular Hbond substituents is 1. The van der Waals surface area contributed by atoms with E-state index in [1.54, 1.807) is 6.07 Å². The highest BCUT2D eigenvalue weighted by Crippen LogP contribution is 2.50. The summed E-state index contributed by atoms with van der Waals surface area (Å²) < 4.78 is 66.3. The second-order valence-electron chi connectivity index (χ2n) is 7.56. The van der Waals surface area contributed by atoms with Gasteiger partial charge in [-0.2, -0.15) is 13.2 Å². The lowest BCUT2D eigenvalue weighted by molar-refractivity contribution is -0.137. The number of aliphatic imine (C=N–C) groups is 1. The average Bonchev–Trinajstić information content (AvgIpc) is 3.13. The molecular weight excluding hydrogens is 419 g/mol. The Morgan fingerprint density at radius 2 is 1.70 bits per heavy atom. The summed E-state index contributed by atoms with van der Waals surface area (Å²) in [5, 5.41) is 21.3. The second kappa shape index (κ2) is 7.24. The molecule has 3 rings (SSSR count). The van der Waals surface area contributed by atoms with E-state index in [0.717, 1.165) is 12.1 Å². The lowest BCUT2D eigenvalue weighted by atomic mass is 9.78. The highest BCUT2D eigenvalue weighted by molar-refractivity contribution is 7.93. The van der Waals surface area contributed by atoms with E-state index in [9.17, 15) is 31.8 Å². The molecule has 1 aliphatic rings. The molecule has 30 heavy (non-hydrogen) atoms. The molecule has 0 aliphatic carbocycles. The number of hydrogen-bond acceptors (Lipinski definition) is 5. The van der Waals surface area contributed by atoms with Crippen LogP contribution in [0.15, 0.2) is 70.6 Å². The van der Waals surface area contributed by atoms with Crippen molar-refractivity contribution in [2.75, 3.05) is 0 Å². The predicted molar refractivity (Wildman–Crippen MR) is 106 cm³/mol. The molecule has 0 amide bonds. The number of halogens is 3. The Balaban J connectivity index is 2.28. The highest BCUT2D eigenvalue weighted by atomic mass is 32.2. The molecule has 0 radical (unpaired) electrons. The third-order valence-electron chi connectivity index (χ3n) is 4.97. The van der Waals surface area contributed by atoms with Gasteiger partial charge in [0, 0.05) is 11.8 Å². The Bertz CT molecular complexity index is 1090. The number of allylic oxidation sites excluding steroid dienone is 1. The number of nitrogens with zero attached hydrogens (tertiary/aromatic N) is 1. The highest BCUT2D eigenvalue weighted by Gasteiger charge is 2.56. The van der Waals surface area contributed by atoms with E-state index in [-0.39, 0.29) is 10.5 Å². The van der Waals surface area contributed by atoms with Gasteiger partial charge in [0.1, 0.15) is 5.75 Å². The van der Waals surface area contributed by atoms with Gasteiger partial charge in [0.05, 0.1) is 22.0 Å². The zero-order valence-corrected chi connectivity index (χ0v) is 16.9. The molecule has 1 aliphatic heterocycles. The van der Waals surface area contributed by atoms with E-state index >= 15 is 0 Å². The van der Waals surface area contributed by atoms with Gasteiger partial charge in [-0.1, -0.05) is 24.3 Å². The molecule has 0 saturated heterocycles. The van der Waals surface area contributed by atoms with Crippen molar-refractivity contribution in [1.29, 1.82) is 0 Å². The number of rotatable bonds is 5. The van der Waals surface area contributed by atoms with Gasteiger partial charge in [-0.15, -0.1) is 0 Å². The number of phenols is 1. The van der Waals surface area contributed by atoms with Gasteiger partial charge in [-0.05, 0) is 50.3 Å². The molecule has 0 bridgehead atoms. The first-order chi connectivity index (χ1) is 13.8. The second-order valence-corrected chi connectivity index (χ2v) is 9.70. The summed E-state index contributed by atoms with van der Waals surface area (Å²) in [5.74, 6) is -2.19. The summed E-state index contributed by atoms with van der Waals surface area (Å²) >= 11 is 0. The summed E-state index contributed by atoms with van der Waals surface area (Å²) in [6.07, 6.45) is -0.782. The number of sulfone groups is 1. The molecular formula is C21H20F3NO4S. The van der Waals surface area contributed by atoms with Crippen molar-refractivity contribution in [3.63, 3.8) is 0 Å². The van der Waals surface area contributed by atoms with Crippen LogP contribution in [0.25, 0.3) is 0 Å². The Morgan fingerprint density at radius 1 is 1.07 bits per heavy atom. The van der Waals surface area contributed by atoms with Gasteiger partial charge >= 0.3 is 6.18 Å². The van der Waals surface area contributed by atoms with Crippen LogP contribution in [0.1, 0.15) is 30.9 Å². The predicted octanol–water partition coefficient (Wildman–Crippen LogP) is 4.08. The maximum absolute atomic E-state index is 13.6. The van der Waals surface area contributed by atoms with Crippen molar-refractivity contribution in [2.45, 2.75) is 41.3 Å². The molecule has 2 atom stereocenters. The first-order valence-corrected chi connectivity index (χ1v) is 10.4. The van der Waals surface area contributed by atoms with Crippen LogP contribution in [-0.4, -0.2) is 35.3 Å². The minimum absolute atomic E-state index is 0.0747. The largest absolute Gasteiger partial charge is 0.508 e. The lowest BCUT2D eigenvalue weighted by Crippen LogP contribution is -2.49. The molecule has 160 valence electrons. The number of aliphatic hydroxyl groups is 1. The molecule has 1 heterocycles. The monoisotopic (exact) mass is 439 g/mol. The van der Waals surface area contributed by atoms with Crippen molar-refractivity contribution in [3.8, 4) is 5.75 Å². The van der Waals surface area contributed by atoms with E-state index in [1.165, 1.54) is 56.5 Å². The van der Waals surface area contributed by atoms with Crippen molar-refractivity contribution in [2.24, 2.45) is 4.99 Å². The van der Waals surface area contributed by atoms with E-state index in [2.05, 4.69) is 4.99 Å². The van der Waals surface area contributed by atoms with Crippen molar-refractivity contribution in [3.05, 3.63) is 71.8 Å². The Kier molecular flexibility index (Phi) is 5.32. The fraction of sp³-hybridized carbons (Fsp3) is 0.286. The van der Waals surface area contributed by atoms with E-state index in [0.29, 0.717) is 6.07 Å². The normalized spacial score (nSPS) is 20.5. The van der Waals surface area contributed by atoms with E-state index < -0.39 is 43.7 Å². The molecule has 0 saturated carbocycles. The summed E-state index contributed by atoms with van der Waals surface area (Å²) in [7, 11) is -4.26. The maximum Gasteiger partial charge on any atom is 0.416 e. The van der Waals surface area contributed by atoms with Crippen LogP contribution in [0.4, 0.5) is 13.2 Å². The molecule has 0 spiro atoms. The van der Waals surface area contributed by atoms with Crippen molar-refractivity contribution >= 4 is 16.1 Å². The van der Waals surface area contributed by atoms with Gasteiger partial charge in [-0.25, -0.2) is 8.42 Å². The third-order valence-corrected chi connectivity index (χ3v) is 7.20. The van der Waals surface area contributed by atoms with Crippen LogP contribution in [0.3, 0.4) is 0 Å². The standard InChI is InChI=1S/C21H20F3NO4S/c1-19(2,27)18(16-10-9-14(13-17(16)26)21(22,23)24)20(11-6-12-25-20)30(28,29)15-7-4-3-5-8-15/h3-13,18,26-27H,1-2H3. The number of benzene rings is 2. The Morgan fingerprint density at radius 3 is 2.17 bits per heavy atom. The van der Waals surface area contributed by atoms with E-state index in [1.807, 2.05) is 0 Å². The molecule has 9 heteroatoms. The zero-order valence-electron chi connectivity index (χ0n) is 16.1. The van der Waals surface area contributed by atoms with Crippen LogP contribution in [0, 0.1) is 0 Å². The molecule has 0 aromatic heterocycles. The minimum Gasteiger partial charge on any atom is -0.508 e. The van der Waals surface area contributed by atoms with Crippen LogP contribution in [0.5, 0.6) is 5.75 Å². The van der Waals surface area contributed by atoms with Crippen LogP contribution >= 0.6 is 0 Å². The average molecular weight is 439 g/mol. The fourth-order valence-electron chi connectivity index (χ4n) is 3.73. The number of alkyl halides is 3. The Hall–Kier alpha value is -2.65. The quantitative estimate of drug-likeness (QED) is 0.735. The summed E-state index contributed by atoms with van der Waals surface area (Å²) in [6.45, 7) is 2.64. The van der Waals surface area contributed by atoms with Crippen LogP contribution < -0.4 is 0 Å². The summed E-state index contributed by atoms with van der Waals surface area (Å²) in [4.78, 5) is 2.01. The van der Waals surface area contributed by atoms with Crippen LogP contribution in [-0.2, 0) is 16.0 Å². The molecule has 2 unspecified atom stereocenters. The Labute approximate surface area is 172 Å². The minimum atomic E-state index is -4.69. The summed E-state index contributed by atoms with van der Waals surface area (Å²) in [5.41, 5.74) is -3.05. The number of hydrogen-bond donors (Lipinski definition) is 2. The van der Waals surface area contributed by atoms with Crippen LogP contribution in [0.2, 0.25) is 0 Å². The molecule has 0 fully saturated rings. The number of aromatic hydroxyl groups is 1. The van der Waals surface area contributed by atoms with Crippen molar-refractivity contribution in [1.82, 2.24) is 0 Å². The maximum atomic E-state index is 13.6. The van der Waals surface area contributed by atoms with E-state index in [4.69, 9.17) is 0 Å². The molecule has 2 aromatic carbocycles. The van der Waals surface area contributed by atoms with Gasteiger partial charge in [0.2, 0.25) is 9.84 Å².